The van der Waals surface area contributed by atoms with Gasteiger partial charge in [0.05, 0.1) is 18.0 Å². The number of nitrogens with zero attached hydrogens (tertiary/aromatic N) is 2. The highest BCUT2D eigenvalue weighted by Gasteiger charge is 2.53. The van der Waals surface area contributed by atoms with Crippen LogP contribution in [-0.4, -0.2) is 64.8 Å². The number of nitrogens with two attached hydrogens (primary N) is 1. The number of methoxy groups -OCH3 is 1. The van der Waals surface area contributed by atoms with Gasteiger partial charge >= 0.3 is 0 Å². The Hall–Kier alpha value is -2.65. The number of nitrogens with one attached hydrogen (secondary N) is 1. The Bertz CT molecular complexity index is 1010. The molecule has 2 amide bonds. The molecule has 1 aromatic carbocycles. The van der Waals surface area contributed by atoms with Crippen LogP contribution in [0.15, 0.2) is 29.3 Å². The molecule has 2 heterocycles. The number of ether oxygens (including phenoxy) is 2. The fourth-order valence-electron chi connectivity index (χ4n) is 5.34. The second kappa shape index (κ2) is 9.43. The van der Waals surface area contributed by atoms with Crippen molar-refractivity contribution in [2.75, 3.05) is 13.7 Å². The number of rotatable bonds is 8. The van der Waals surface area contributed by atoms with E-state index >= 15 is 0 Å². The Labute approximate surface area is 207 Å². The first-order valence-electron chi connectivity index (χ1n) is 12.4. The Morgan fingerprint density at radius 1 is 1.37 bits per heavy atom. The second-order valence-electron chi connectivity index (χ2n) is 10.8. The molecule has 0 unspecified atom stereocenters. The van der Waals surface area contributed by atoms with Gasteiger partial charge in [-0.2, -0.15) is 0 Å². The van der Waals surface area contributed by atoms with Crippen LogP contribution in [0.2, 0.25) is 0 Å². The van der Waals surface area contributed by atoms with Crippen LogP contribution in [0.5, 0.6) is 5.75 Å². The zero-order chi connectivity index (χ0) is 25.5. The summed E-state index contributed by atoms with van der Waals surface area (Å²) in [5, 5.41) is 14.1. The fourth-order valence-corrected chi connectivity index (χ4v) is 5.34. The van der Waals surface area contributed by atoms with Crippen molar-refractivity contribution in [3.63, 3.8) is 0 Å². The summed E-state index contributed by atoms with van der Waals surface area (Å²) in [4.78, 5) is 32.7. The number of aliphatic hydroxyl groups is 1. The van der Waals surface area contributed by atoms with Crippen molar-refractivity contribution >= 4 is 17.8 Å². The first kappa shape index (κ1) is 25.4. The Kier molecular flexibility index (Phi) is 6.85. The van der Waals surface area contributed by atoms with Crippen molar-refractivity contribution in [3.8, 4) is 5.75 Å². The fraction of sp³-hybridized carbons (Fsp3) is 0.654. The van der Waals surface area contributed by atoms with Crippen LogP contribution in [0, 0.1) is 11.8 Å². The largest absolute Gasteiger partial charge is 0.485 e. The molecule has 0 radical (unpaired) electrons. The predicted octanol–water partition coefficient (Wildman–Crippen LogP) is 2.13. The van der Waals surface area contributed by atoms with E-state index in [9.17, 15) is 14.7 Å². The lowest BCUT2D eigenvalue weighted by Crippen LogP contribution is -2.56. The number of hydrogen-bond donors (Lipinski definition) is 3. The van der Waals surface area contributed by atoms with Gasteiger partial charge in [0.15, 0.2) is 5.96 Å². The topological polar surface area (TPSA) is 126 Å². The number of hydrogen-bond acceptors (Lipinski definition) is 7. The van der Waals surface area contributed by atoms with Gasteiger partial charge in [-0.05, 0) is 52.0 Å². The number of carbonyl (C=O) groups is 2. The lowest BCUT2D eigenvalue weighted by Gasteiger charge is -2.42. The van der Waals surface area contributed by atoms with Gasteiger partial charge in [-0.3, -0.25) is 14.5 Å². The van der Waals surface area contributed by atoms with Gasteiger partial charge in [-0.1, -0.05) is 25.1 Å². The smallest absolute Gasteiger partial charge is 0.231 e. The highest BCUT2D eigenvalue weighted by Crippen LogP contribution is 2.47. The van der Waals surface area contributed by atoms with Crippen LogP contribution in [-0.2, 0) is 14.3 Å². The minimum Gasteiger partial charge on any atom is -0.485 e. The van der Waals surface area contributed by atoms with Gasteiger partial charge < -0.3 is 25.6 Å². The zero-order valence-corrected chi connectivity index (χ0v) is 21.3. The first-order valence-corrected chi connectivity index (χ1v) is 12.4. The number of fused-ring (bicyclic) bond motifs is 1. The van der Waals surface area contributed by atoms with Crippen molar-refractivity contribution in [2.24, 2.45) is 22.6 Å². The van der Waals surface area contributed by atoms with E-state index in [1.54, 1.807) is 12.0 Å². The number of guanidine groups is 1. The van der Waals surface area contributed by atoms with E-state index in [4.69, 9.17) is 15.2 Å². The van der Waals surface area contributed by atoms with E-state index in [2.05, 4.69) is 10.3 Å². The average molecular weight is 487 g/mol. The third kappa shape index (κ3) is 4.89. The molecule has 1 saturated carbocycles. The molecule has 35 heavy (non-hydrogen) atoms. The second-order valence-corrected chi connectivity index (χ2v) is 10.8. The summed E-state index contributed by atoms with van der Waals surface area (Å²) in [7, 11) is 1.61. The molecule has 1 aliphatic carbocycles. The van der Waals surface area contributed by atoms with Crippen molar-refractivity contribution in [2.45, 2.75) is 82.7 Å². The standard InChI is InChI=1S/C26H38N4O5/c1-6-26(4)14-20(31)30(24(27)29-26)18(11-12-34-5)16-13-17(16)23(33)28-21-15-9-7-8-10-19(15)35-25(2,3)22(21)32/h7-10,16-18,21-22,32H,6,11-14H2,1-5H3,(H2,27,29)(H,28,33)/t16-,17-,18-,21-,22+,26-/m1/s1. The summed E-state index contributed by atoms with van der Waals surface area (Å²) in [5.74, 6) is 0.307. The molecule has 9 nitrogen and oxygen atoms in total. The van der Waals surface area contributed by atoms with Crippen molar-refractivity contribution < 1.29 is 24.2 Å². The predicted molar refractivity (Wildman–Crippen MR) is 132 cm³/mol. The lowest BCUT2D eigenvalue weighted by molar-refractivity contribution is -0.133. The van der Waals surface area contributed by atoms with Crippen LogP contribution in [0.25, 0.3) is 0 Å². The monoisotopic (exact) mass is 486 g/mol. The summed E-state index contributed by atoms with van der Waals surface area (Å²) in [6.07, 6.45) is 1.28. The Morgan fingerprint density at radius 3 is 2.74 bits per heavy atom. The van der Waals surface area contributed by atoms with Crippen molar-refractivity contribution in [3.05, 3.63) is 29.8 Å². The summed E-state index contributed by atoms with van der Waals surface area (Å²) in [6, 6.07) is 6.58. The van der Waals surface area contributed by atoms with Crippen molar-refractivity contribution in [1.29, 1.82) is 0 Å². The summed E-state index contributed by atoms with van der Waals surface area (Å²) < 4.78 is 11.3. The van der Waals surface area contributed by atoms with E-state index in [0.29, 0.717) is 25.2 Å². The van der Waals surface area contributed by atoms with E-state index < -0.39 is 23.3 Å². The molecule has 0 saturated heterocycles. The molecule has 0 spiro atoms. The normalized spacial score (nSPS) is 32.2. The number of aliphatic hydroxyl groups excluding tert-OH is 1. The van der Waals surface area contributed by atoms with Crippen LogP contribution in [0.1, 0.15) is 65.0 Å². The van der Waals surface area contributed by atoms with Crippen LogP contribution >= 0.6 is 0 Å². The number of benzene rings is 1. The third-order valence-corrected chi connectivity index (χ3v) is 7.77. The maximum absolute atomic E-state index is 13.4. The van der Waals surface area contributed by atoms with Gasteiger partial charge in [-0.15, -0.1) is 0 Å². The van der Waals surface area contributed by atoms with Gasteiger partial charge in [0.1, 0.15) is 17.5 Å². The summed E-state index contributed by atoms with van der Waals surface area (Å²) in [6.45, 7) is 7.99. The number of carbonyl (C=O) groups excluding carboxylic acids is 2. The first-order chi connectivity index (χ1) is 16.5. The van der Waals surface area contributed by atoms with Crippen LogP contribution < -0.4 is 15.8 Å². The average Bonchev–Trinajstić information content (AvgIpc) is 3.59. The highest BCUT2D eigenvalue weighted by atomic mass is 16.5. The van der Waals surface area contributed by atoms with Crippen LogP contribution in [0.4, 0.5) is 0 Å². The molecule has 2 aliphatic heterocycles. The molecule has 4 N–H and O–H groups in total. The van der Waals surface area contributed by atoms with Gasteiger partial charge in [-0.25, -0.2) is 4.99 Å². The maximum Gasteiger partial charge on any atom is 0.231 e. The molecule has 0 bridgehead atoms. The van der Waals surface area contributed by atoms with Crippen molar-refractivity contribution in [1.82, 2.24) is 10.2 Å². The van der Waals surface area contributed by atoms with E-state index in [-0.39, 0.29) is 42.1 Å². The van der Waals surface area contributed by atoms with Gasteiger partial charge in [0.25, 0.3) is 0 Å². The molecule has 192 valence electrons. The number of amides is 2. The molecule has 3 aliphatic rings. The van der Waals surface area contributed by atoms with Gasteiger partial charge in [0.2, 0.25) is 11.8 Å². The zero-order valence-electron chi connectivity index (χ0n) is 21.3. The molecule has 1 aromatic rings. The van der Waals surface area contributed by atoms with Crippen LogP contribution in [0.3, 0.4) is 0 Å². The number of aliphatic imine (C=N–C) groups is 1. The van der Waals surface area contributed by atoms with E-state index in [1.165, 1.54) is 0 Å². The minimum absolute atomic E-state index is 0.0610. The molecule has 0 aromatic heterocycles. The molecular formula is C26H38N4O5. The molecule has 9 heteroatoms. The molecule has 6 atom stereocenters. The Morgan fingerprint density at radius 2 is 2.09 bits per heavy atom. The quantitative estimate of drug-likeness (QED) is 0.517. The third-order valence-electron chi connectivity index (χ3n) is 7.77. The SMILES string of the molecule is CC[C@]1(C)CC(=O)N([C@H](CCOC)[C@@H]2C[C@H]2C(=O)N[C@@H]2c3ccccc3OC(C)(C)[C@H]2O)C(N)=N1. The van der Waals surface area contributed by atoms with E-state index in [1.807, 2.05) is 52.0 Å². The molecule has 1 fully saturated rings. The lowest BCUT2D eigenvalue weighted by atomic mass is 9.86. The highest BCUT2D eigenvalue weighted by molar-refractivity contribution is 5.99. The molecular weight excluding hydrogens is 448 g/mol. The van der Waals surface area contributed by atoms with E-state index in [0.717, 1.165) is 12.0 Å². The molecule has 4 rings (SSSR count). The number of para-hydroxylation sites is 1. The summed E-state index contributed by atoms with van der Waals surface area (Å²) >= 11 is 0. The maximum atomic E-state index is 13.4. The van der Waals surface area contributed by atoms with Gasteiger partial charge in [0, 0.05) is 31.2 Å². The minimum atomic E-state index is -0.916. The Balaban J connectivity index is 1.52. The summed E-state index contributed by atoms with van der Waals surface area (Å²) in [5.41, 5.74) is 5.70.